The Bertz CT molecular complexity index is 381. The Balaban J connectivity index is 2.27. The van der Waals surface area contributed by atoms with E-state index in [1.807, 2.05) is 19.9 Å². The molecule has 1 aromatic heterocycles. The van der Waals surface area contributed by atoms with Gasteiger partial charge in [-0.3, -0.25) is 9.78 Å². The van der Waals surface area contributed by atoms with Crippen LogP contribution in [0.1, 0.15) is 29.3 Å². The maximum absolute atomic E-state index is 12.2. The lowest BCUT2D eigenvalue weighted by atomic mass is 9.82. The lowest BCUT2D eigenvalue weighted by Crippen LogP contribution is -2.30. The van der Waals surface area contributed by atoms with Gasteiger partial charge in [0, 0.05) is 29.9 Å². The molecule has 1 saturated heterocycles. The van der Waals surface area contributed by atoms with E-state index in [1.165, 1.54) is 0 Å². The number of aryl methyl sites for hydroxylation is 1. The molecule has 0 saturated carbocycles. The molecule has 1 aliphatic rings. The number of hydrogen-bond acceptors (Lipinski definition) is 3. The Hall–Kier alpha value is -1.22. The molecule has 1 fully saturated rings. The predicted molar refractivity (Wildman–Crippen MR) is 58.9 cm³/mol. The number of Topliss-reactive ketones (excluding diaryl/α,β-unsaturated/α-hetero) is 1. The van der Waals surface area contributed by atoms with Gasteiger partial charge in [0.25, 0.3) is 0 Å². The Morgan fingerprint density at radius 3 is 2.93 bits per heavy atom. The SMILES string of the molecule is Cc1cncc(C(=O)C2(C)CCNC2)c1. The van der Waals surface area contributed by atoms with Crippen molar-refractivity contribution in [3.63, 3.8) is 0 Å². The molecular weight excluding hydrogens is 188 g/mol. The third kappa shape index (κ3) is 1.92. The Morgan fingerprint density at radius 2 is 2.33 bits per heavy atom. The Labute approximate surface area is 89.9 Å². The minimum Gasteiger partial charge on any atom is -0.316 e. The van der Waals surface area contributed by atoms with Gasteiger partial charge in [0.1, 0.15) is 0 Å². The van der Waals surface area contributed by atoms with E-state index in [2.05, 4.69) is 10.3 Å². The zero-order valence-electron chi connectivity index (χ0n) is 9.21. The zero-order chi connectivity index (χ0) is 10.9. The summed E-state index contributed by atoms with van der Waals surface area (Å²) >= 11 is 0. The zero-order valence-corrected chi connectivity index (χ0v) is 9.21. The molecule has 1 aromatic rings. The lowest BCUT2D eigenvalue weighted by Gasteiger charge is -2.20. The van der Waals surface area contributed by atoms with Crippen molar-refractivity contribution < 1.29 is 4.79 Å². The molecular formula is C12H16N2O. The quantitative estimate of drug-likeness (QED) is 0.743. The first-order chi connectivity index (χ1) is 7.12. The summed E-state index contributed by atoms with van der Waals surface area (Å²) < 4.78 is 0. The minimum atomic E-state index is -0.241. The fourth-order valence-corrected chi connectivity index (χ4v) is 2.04. The molecule has 0 amide bonds. The highest BCUT2D eigenvalue weighted by Crippen LogP contribution is 2.29. The highest BCUT2D eigenvalue weighted by molar-refractivity contribution is 6.00. The number of nitrogens with zero attached hydrogens (tertiary/aromatic N) is 1. The second-order valence-electron chi connectivity index (χ2n) is 4.57. The van der Waals surface area contributed by atoms with Crippen LogP contribution in [-0.4, -0.2) is 23.9 Å². The summed E-state index contributed by atoms with van der Waals surface area (Å²) in [5.74, 6) is 0.212. The summed E-state index contributed by atoms with van der Waals surface area (Å²) in [5, 5.41) is 3.24. The van der Waals surface area contributed by atoms with E-state index in [0.29, 0.717) is 0 Å². The number of hydrogen-bond donors (Lipinski definition) is 1. The van der Waals surface area contributed by atoms with E-state index in [-0.39, 0.29) is 11.2 Å². The maximum atomic E-state index is 12.2. The first kappa shape index (κ1) is 10.3. The molecule has 0 aromatic carbocycles. The van der Waals surface area contributed by atoms with Crippen molar-refractivity contribution >= 4 is 5.78 Å². The lowest BCUT2D eigenvalue weighted by molar-refractivity contribution is 0.0839. The number of aromatic nitrogens is 1. The number of rotatable bonds is 2. The number of carbonyl (C=O) groups is 1. The van der Waals surface area contributed by atoms with Crippen molar-refractivity contribution in [1.29, 1.82) is 0 Å². The van der Waals surface area contributed by atoms with Gasteiger partial charge in [-0.05, 0) is 31.5 Å². The average Bonchev–Trinajstić information content (AvgIpc) is 2.65. The van der Waals surface area contributed by atoms with E-state index in [1.54, 1.807) is 12.4 Å². The Morgan fingerprint density at radius 1 is 1.53 bits per heavy atom. The molecule has 0 spiro atoms. The monoisotopic (exact) mass is 204 g/mol. The van der Waals surface area contributed by atoms with Crippen molar-refractivity contribution in [2.24, 2.45) is 5.41 Å². The summed E-state index contributed by atoms with van der Waals surface area (Å²) in [5.41, 5.74) is 1.53. The van der Waals surface area contributed by atoms with Gasteiger partial charge in [-0.1, -0.05) is 6.92 Å². The van der Waals surface area contributed by atoms with Crippen LogP contribution in [0, 0.1) is 12.3 Å². The molecule has 0 aliphatic carbocycles. The van der Waals surface area contributed by atoms with E-state index in [9.17, 15) is 4.79 Å². The molecule has 2 rings (SSSR count). The van der Waals surface area contributed by atoms with Gasteiger partial charge >= 0.3 is 0 Å². The van der Waals surface area contributed by atoms with Crippen LogP contribution in [0.25, 0.3) is 0 Å². The second kappa shape index (κ2) is 3.74. The molecule has 1 unspecified atom stereocenters. The van der Waals surface area contributed by atoms with Crippen molar-refractivity contribution in [3.05, 3.63) is 29.6 Å². The summed E-state index contributed by atoms with van der Waals surface area (Å²) in [6, 6.07) is 1.92. The molecule has 0 bridgehead atoms. The van der Waals surface area contributed by atoms with E-state index in [4.69, 9.17) is 0 Å². The normalized spacial score (nSPS) is 25.5. The van der Waals surface area contributed by atoms with Crippen LogP contribution < -0.4 is 5.32 Å². The number of ketones is 1. The standard InChI is InChI=1S/C12H16N2O/c1-9-5-10(7-14-6-9)11(15)12(2)3-4-13-8-12/h5-7,13H,3-4,8H2,1-2H3. The average molecular weight is 204 g/mol. The van der Waals surface area contributed by atoms with Crippen molar-refractivity contribution in [2.45, 2.75) is 20.3 Å². The van der Waals surface area contributed by atoms with E-state index >= 15 is 0 Å². The molecule has 2 heterocycles. The molecule has 15 heavy (non-hydrogen) atoms. The van der Waals surface area contributed by atoms with Crippen LogP contribution in [0.4, 0.5) is 0 Å². The molecule has 3 nitrogen and oxygen atoms in total. The van der Waals surface area contributed by atoms with Crippen LogP contribution >= 0.6 is 0 Å². The molecule has 0 radical (unpaired) electrons. The fraction of sp³-hybridized carbons (Fsp3) is 0.500. The largest absolute Gasteiger partial charge is 0.316 e. The topological polar surface area (TPSA) is 42.0 Å². The van der Waals surface area contributed by atoms with Crippen molar-refractivity contribution in [3.8, 4) is 0 Å². The summed E-state index contributed by atoms with van der Waals surface area (Å²) in [6.07, 6.45) is 4.35. The van der Waals surface area contributed by atoms with Crippen molar-refractivity contribution in [2.75, 3.05) is 13.1 Å². The van der Waals surface area contributed by atoms with Crippen LogP contribution in [0.5, 0.6) is 0 Å². The summed E-state index contributed by atoms with van der Waals surface area (Å²) in [6.45, 7) is 5.69. The van der Waals surface area contributed by atoms with Crippen LogP contribution in [0.15, 0.2) is 18.5 Å². The smallest absolute Gasteiger partial charge is 0.171 e. The first-order valence-corrected chi connectivity index (χ1v) is 5.29. The van der Waals surface area contributed by atoms with Crippen LogP contribution in [0.2, 0.25) is 0 Å². The highest BCUT2D eigenvalue weighted by atomic mass is 16.1. The number of pyridine rings is 1. The second-order valence-corrected chi connectivity index (χ2v) is 4.57. The van der Waals surface area contributed by atoms with Gasteiger partial charge in [0.2, 0.25) is 0 Å². The van der Waals surface area contributed by atoms with Gasteiger partial charge in [-0.25, -0.2) is 0 Å². The highest BCUT2D eigenvalue weighted by Gasteiger charge is 2.36. The van der Waals surface area contributed by atoms with Crippen LogP contribution in [0.3, 0.4) is 0 Å². The summed E-state index contributed by atoms with van der Waals surface area (Å²) in [4.78, 5) is 16.3. The molecule has 1 aliphatic heterocycles. The third-order valence-electron chi connectivity index (χ3n) is 3.05. The van der Waals surface area contributed by atoms with E-state index < -0.39 is 0 Å². The molecule has 80 valence electrons. The van der Waals surface area contributed by atoms with Gasteiger partial charge in [0.05, 0.1) is 0 Å². The first-order valence-electron chi connectivity index (χ1n) is 5.29. The van der Waals surface area contributed by atoms with Crippen molar-refractivity contribution in [1.82, 2.24) is 10.3 Å². The van der Waals surface area contributed by atoms with Crippen LogP contribution in [-0.2, 0) is 0 Å². The number of carbonyl (C=O) groups excluding carboxylic acids is 1. The predicted octanol–water partition coefficient (Wildman–Crippen LogP) is 1.57. The van der Waals surface area contributed by atoms with Gasteiger partial charge in [-0.2, -0.15) is 0 Å². The van der Waals surface area contributed by atoms with Gasteiger partial charge in [0.15, 0.2) is 5.78 Å². The minimum absolute atomic E-state index is 0.212. The number of nitrogens with one attached hydrogen (secondary N) is 1. The third-order valence-corrected chi connectivity index (χ3v) is 3.05. The maximum Gasteiger partial charge on any atom is 0.171 e. The Kier molecular flexibility index (Phi) is 2.57. The van der Waals surface area contributed by atoms with Gasteiger partial charge in [-0.15, -0.1) is 0 Å². The van der Waals surface area contributed by atoms with Gasteiger partial charge < -0.3 is 5.32 Å². The van der Waals surface area contributed by atoms with E-state index in [0.717, 1.165) is 30.6 Å². The molecule has 1 N–H and O–H groups in total. The fourth-order valence-electron chi connectivity index (χ4n) is 2.04. The summed E-state index contributed by atoms with van der Waals surface area (Å²) in [7, 11) is 0. The molecule has 1 atom stereocenters. The molecule has 3 heteroatoms.